The van der Waals surface area contributed by atoms with Gasteiger partial charge in [0.05, 0.1) is 12.5 Å². The number of nitrogens with zero attached hydrogens (tertiary/aromatic N) is 1. The van der Waals surface area contributed by atoms with E-state index in [1.54, 1.807) is 4.90 Å². The van der Waals surface area contributed by atoms with E-state index < -0.39 is 0 Å². The summed E-state index contributed by atoms with van der Waals surface area (Å²) in [7, 11) is 0. The normalized spacial score (nSPS) is 15.4. The van der Waals surface area contributed by atoms with Crippen LogP contribution in [0.2, 0.25) is 0 Å². The van der Waals surface area contributed by atoms with E-state index in [0.717, 1.165) is 0 Å². The Morgan fingerprint density at radius 2 is 1.79 bits per heavy atom. The molecule has 1 fully saturated rings. The highest BCUT2D eigenvalue weighted by atomic mass is 16.5. The summed E-state index contributed by atoms with van der Waals surface area (Å²) in [5.74, 6) is 0.908. The maximum atomic E-state index is 12.2. The molecule has 0 saturated carbocycles. The molecule has 1 amide bonds. The number of hydrogen-bond donors (Lipinski definition) is 0. The van der Waals surface area contributed by atoms with Crippen LogP contribution in [-0.2, 0) is 14.3 Å². The molecule has 1 saturated heterocycles. The summed E-state index contributed by atoms with van der Waals surface area (Å²) in [6.07, 6.45) is 1.32. The predicted molar refractivity (Wildman–Crippen MR) is 92.0 cm³/mol. The minimum Gasteiger partial charge on any atom is -0.484 e. The number of rotatable bonds is 6. The molecule has 1 aromatic rings. The van der Waals surface area contributed by atoms with Gasteiger partial charge >= 0.3 is 5.97 Å². The monoisotopic (exact) mass is 333 g/mol. The van der Waals surface area contributed by atoms with Crippen LogP contribution in [0.15, 0.2) is 24.3 Å². The van der Waals surface area contributed by atoms with E-state index in [2.05, 4.69) is 13.8 Å². The molecule has 0 bridgehead atoms. The molecule has 1 heterocycles. The second-order valence-electron chi connectivity index (χ2n) is 6.42. The Labute approximate surface area is 143 Å². The topological polar surface area (TPSA) is 55.8 Å². The molecule has 132 valence electrons. The molecular formula is C19H27NO4. The summed E-state index contributed by atoms with van der Waals surface area (Å²) in [5.41, 5.74) is 1.25. The fourth-order valence-electron chi connectivity index (χ4n) is 2.81. The Bertz CT molecular complexity index is 545. The summed E-state index contributed by atoms with van der Waals surface area (Å²) >= 11 is 0. The van der Waals surface area contributed by atoms with E-state index in [-0.39, 0.29) is 24.4 Å². The fourth-order valence-corrected chi connectivity index (χ4v) is 2.81. The largest absolute Gasteiger partial charge is 0.484 e. The molecule has 0 aromatic heterocycles. The van der Waals surface area contributed by atoms with Gasteiger partial charge in [-0.15, -0.1) is 0 Å². The van der Waals surface area contributed by atoms with Crippen molar-refractivity contribution in [2.24, 2.45) is 5.92 Å². The first-order valence-corrected chi connectivity index (χ1v) is 8.68. The van der Waals surface area contributed by atoms with E-state index in [9.17, 15) is 9.59 Å². The second-order valence-corrected chi connectivity index (χ2v) is 6.42. The number of ether oxygens (including phenoxy) is 2. The second kappa shape index (κ2) is 8.71. The van der Waals surface area contributed by atoms with Gasteiger partial charge in [0.25, 0.3) is 5.91 Å². The number of likely N-dealkylation sites (tertiary alicyclic amines) is 1. The third kappa shape index (κ3) is 4.98. The molecule has 0 N–H and O–H groups in total. The number of hydrogen-bond acceptors (Lipinski definition) is 4. The van der Waals surface area contributed by atoms with Crippen LogP contribution in [0, 0.1) is 5.92 Å². The maximum Gasteiger partial charge on any atom is 0.309 e. The first-order valence-electron chi connectivity index (χ1n) is 8.68. The number of amides is 1. The van der Waals surface area contributed by atoms with Gasteiger partial charge in [0.15, 0.2) is 6.61 Å². The van der Waals surface area contributed by atoms with Crippen LogP contribution < -0.4 is 4.74 Å². The van der Waals surface area contributed by atoms with Crippen LogP contribution in [-0.4, -0.2) is 43.1 Å². The first kappa shape index (κ1) is 18.3. The van der Waals surface area contributed by atoms with Crippen molar-refractivity contribution in [2.45, 2.75) is 39.5 Å². The third-order valence-corrected chi connectivity index (χ3v) is 4.38. The lowest BCUT2D eigenvalue weighted by molar-refractivity contribution is -0.151. The quantitative estimate of drug-likeness (QED) is 0.751. The lowest BCUT2D eigenvalue weighted by atomic mass is 9.97. The molecule has 24 heavy (non-hydrogen) atoms. The Balaban J connectivity index is 1.76. The van der Waals surface area contributed by atoms with E-state index in [0.29, 0.717) is 44.2 Å². The number of carbonyl (C=O) groups is 2. The van der Waals surface area contributed by atoms with Crippen LogP contribution >= 0.6 is 0 Å². The molecule has 5 nitrogen and oxygen atoms in total. The van der Waals surface area contributed by atoms with Crippen molar-refractivity contribution in [1.29, 1.82) is 0 Å². The lowest BCUT2D eigenvalue weighted by Gasteiger charge is -2.30. The first-order chi connectivity index (χ1) is 11.5. The molecule has 1 aliphatic rings. The number of carbonyl (C=O) groups excluding carboxylic acids is 2. The van der Waals surface area contributed by atoms with Crippen LogP contribution in [0.3, 0.4) is 0 Å². The zero-order chi connectivity index (χ0) is 17.5. The van der Waals surface area contributed by atoms with Crippen molar-refractivity contribution in [3.63, 3.8) is 0 Å². The minimum atomic E-state index is -0.147. The maximum absolute atomic E-state index is 12.2. The number of piperidine rings is 1. The van der Waals surface area contributed by atoms with Gasteiger partial charge in [-0.3, -0.25) is 9.59 Å². The summed E-state index contributed by atoms with van der Waals surface area (Å²) in [4.78, 5) is 25.7. The Morgan fingerprint density at radius 1 is 1.17 bits per heavy atom. The SMILES string of the molecule is CCOC(=O)C1CCN(C(=O)COc2ccc(C(C)C)cc2)CC1. The summed E-state index contributed by atoms with van der Waals surface area (Å²) in [5, 5.41) is 0. The van der Waals surface area contributed by atoms with Crippen molar-refractivity contribution >= 4 is 11.9 Å². The van der Waals surface area contributed by atoms with Gasteiger partial charge in [0.1, 0.15) is 5.75 Å². The van der Waals surface area contributed by atoms with Gasteiger partial charge in [0.2, 0.25) is 0 Å². The molecule has 0 radical (unpaired) electrons. The van der Waals surface area contributed by atoms with Crippen LogP contribution in [0.25, 0.3) is 0 Å². The van der Waals surface area contributed by atoms with Gasteiger partial charge in [0, 0.05) is 13.1 Å². The summed E-state index contributed by atoms with van der Waals surface area (Å²) in [6.45, 7) is 7.68. The van der Waals surface area contributed by atoms with Crippen molar-refractivity contribution in [3.8, 4) is 5.75 Å². The molecule has 1 aromatic carbocycles. The minimum absolute atomic E-state index is 0.0328. The van der Waals surface area contributed by atoms with Gasteiger partial charge < -0.3 is 14.4 Å². The van der Waals surface area contributed by atoms with E-state index >= 15 is 0 Å². The average molecular weight is 333 g/mol. The van der Waals surface area contributed by atoms with Gasteiger partial charge in [-0.25, -0.2) is 0 Å². The smallest absolute Gasteiger partial charge is 0.309 e. The molecule has 2 rings (SSSR count). The van der Waals surface area contributed by atoms with Crippen molar-refractivity contribution in [1.82, 2.24) is 4.90 Å². The Hall–Kier alpha value is -2.04. The fraction of sp³-hybridized carbons (Fsp3) is 0.579. The van der Waals surface area contributed by atoms with E-state index in [4.69, 9.17) is 9.47 Å². The number of benzene rings is 1. The van der Waals surface area contributed by atoms with Crippen molar-refractivity contribution in [3.05, 3.63) is 29.8 Å². The molecule has 5 heteroatoms. The van der Waals surface area contributed by atoms with Crippen LogP contribution in [0.4, 0.5) is 0 Å². The lowest BCUT2D eigenvalue weighted by Crippen LogP contribution is -2.42. The number of esters is 1. The molecule has 0 unspecified atom stereocenters. The highest BCUT2D eigenvalue weighted by Gasteiger charge is 2.28. The van der Waals surface area contributed by atoms with Gasteiger partial charge in [-0.05, 0) is 43.4 Å². The van der Waals surface area contributed by atoms with Gasteiger partial charge in [-0.1, -0.05) is 26.0 Å². The molecule has 0 aliphatic carbocycles. The highest BCUT2D eigenvalue weighted by Crippen LogP contribution is 2.20. The molecular weight excluding hydrogens is 306 g/mol. The van der Waals surface area contributed by atoms with E-state index in [1.165, 1.54) is 5.56 Å². The third-order valence-electron chi connectivity index (χ3n) is 4.38. The Morgan fingerprint density at radius 3 is 2.33 bits per heavy atom. The molecule has 1 aliphatic heterocycles. The zero-order valence-corrected chi connectivity index (χ0v) is 14.8. The Kier molecular flexibility index (Phi) is 6.64. The summed E-state index contributed by atoms with van der Waals surface area (Å²) in [6, 6.07) is 7.84. The highest BCUT2D eigenvalue weighted by molar-refractivity contribution is 5.78. The predicted octanol–water partition coefficient (Wildman–Crippen LogP) is 2.99. The summed E-state index contributed by atoms with van der Waals surface area (Å²) < 4.78 is 10.6. The van der Waals surface area contributed by atoms with Crippen molar-refractivity contribution < 1.29 is 19.1 Å². The van der Waals surface area contributed by atoms with Crippen LogP contribution in [0.5, 0.6) is 5.75 Å². The van der Waals surface area contributed by atoms with Crippen molar-refractivity contribution in [2.75, 3.05) is 26.3 Å². The molecule has 0 atom stereocenters. The van der Waals surface area contributed by atoms with Crippen LogP contribution in [0.1, 0.15) is 45.1 Å². The van der Waals surface area contributed by atoms with E-state index in [1.807, 2.05) is 31.2 Å². The molecule has 0 spiro atoms. The average Bonchev–Trinajstić information content (AvgIpc) is 2.60. The van der Waals surface area contributed by atoms with Gasteiger partial charge in [-0.2, -0.15) is 0 Å². The standard InChI is InChI=1S/C19H27NO4/c1-4-23-19(22)16-9-11-20(12-10-16)18(21)13-24-17-7-5-15(6-8-17)14(2)3/h5-8,14,16H,4,9-13H2,1-3H3. The zero-order valence-electron chi connectivity index (χ0n) is 14.8.